The van der Waals surface area contributed by atoms with E-state index in [9.17, 15) is 9.59 Å². The molecule has 0 N–H and O–H groups in total. The highest BCUT2D eigenvalue weighted by atomic mass is 16.5. The van der Waals surface area contributed by atoms with E-state index in [0.717, 1.165) is 9.36 Å². The number of benzene rings is 1. The summed E-state index contributed by atoms with van der Waals surface area (Å²) in [5.74, 6) is -0.514. The summed E-state index contributed by atoms with van der Waals surface area (Å²) in [7, 11) is 0. The second-order valence-electron chi connectivity index (χ2n) is 3.47. The Labute approximate surface area is 103 Å². The van der Waals surface area contributed by atoms with Crippen LogP contribution in [-0.4, -0.2) is 32.4 Å². The monoisotopic (exact) mass is 248 g/mol. The van der Waals surface area contributed by atoms with Crippen molar-refractivity contribution in [1.82, 2.24) is 19.8 Å². The van der Waals surface area contributed by atoms with E-state index in [1.54, 1.807) is 31.2 Å². The molecule has 0 saturated carbocycles. The molecular formula is C11H12N4O3. The summed E-state index contributed by atoms with van der Waals surface area (Å²) in [5, 5.41) is 7.34. The predicted octanol–water partition coefficient (Wildman–Crippen LogP) is -0.00790. The number of hydrogen-bond acceptors (Lipinski definition) is 5. The Kier molecular flexibility index (Phi) is 3.52. The van der Waals surface area contributed by atoms with Crippen LogP contribution in [0.2, 0.25) is 0 Å². The third kappa shape index (κ3) is 2.45. The SMILES string of the molecule is CCOC(=O)Cn1nnn(-c2ccccc2)c1=O. The van der Waals surface area contributed by atoms with E-state index < -0.39 is 11.7 Å². The van der Waals surface area contributed by atoms with Gasteiger partial charge in [-0.15, -0.1) is 0 Å². The number of esters is 1. The van der Waals surface area contributed by atoms with Gasteiger partial charge in [0, 0.05) is 0 Å². The summed E-state index contributed by atoms with van der Waals surface area (Å²) < 4.78 is 6.83. The molecule has 2 aromatic rings. The molecule has 0 fully saturated rings. The topological polar surface area (TPSA) is 79.0 Å². The highest BCUT2D eigenvalue weighted by Gasteiger charge is 2.12. The summed E-state index contributed by atoms with van der Waals surface area (Å²) in [6.45, 7) is 1.72. The number of carbonyl (C=O) groups is 1. The van der Waals surface area contributed by atoms with Crippen molar-refractivity contribution in [3.8, 4) is 5.69 Å². The first-order valence-corrected chi connectivity index (χ1v) is 5.46. The van der Waals surface area contributed by atoms with Crippen LogP contribution < -0.4 is 5.69 Å². The average Bonchev–Trinajstić information content (AvgIpc) is 2.72. The fraction of sp³-hybridized carbons (Fsp3) is 0.273. The fourth-order valence-electron chi connectivity index (χ4n) is 1.43. The van der Waals surface area contributed by atoms with Crippen molar-refractivity contribution in [3.63, 3.8) is 0 Å². The molecule has 2 rings (SSSR count). The van der Waals surface area contributed by atoms with E-state index >= 15 is 0 Å². The highest BCUT2D eigenvalue weighted by molar-refractivity contribution is 5.68. The van der Waals surface area contributed by atoms with Gasteiger partial charge in [0.25, 0.3) is 0 Å². The van der Waals surface area contributed by atoms with Gasteiger partial charge in [-0.25, -0.2) is 4.79 Å². The molecule has 7 nitrogen and oxygen atoms in total. The average molecular weight is 248 g/mol. The first-order chi connectivity index (χ1) is 8.72. The van der Waals surface area contributed by atoms with E-state index in [4.69, 9.17) is 4.74 Å². The number of nitrogens with zero attached hydrogens (tertiary/aromatic N) is 4. The van der Waals surface area contributed by atoms with E-state index in [-0.39, 0.29) is 13.2 Å². The number of ether oxygens (including phenoxy) is 1. The summed E-state index contributed by atoms with van der Waals surface area (Å²) in [5.41, 5.74) is 0.117. The lowest BCUT2D eigenvalue weighted by molar-refractivity contribution is -0.144. The molecule has 0 aliphatic carbocycles. The molecule has 1 aromatic carbocycles. The van der Waals surface area contributed by atoms with Gasteiger partial charge in [-0.3, -0.25) is 4.79 Å². The van der Waals surface area contributed by atoms with E-state index in [1.807, 2.05) is 6.07 Å². The molecule has 0 spiro atoms. The van der Waals surface area contributed by atoms with Gasteiger partial charge in [0.2, 0.25) is 0 Å². The van der Waals surface area contributed by atoms with Gasteiger partial charge in [-0.05, 0) is 29.5 Å². The van der Waals surface area contributed by atoms with Crippen molar-refractivity contribution in [1.29, 1.82) is 0 Å². The third-order valence-corrected chi connectivity index (χ3v) is 2.22. The predicted molar refractivity (Wildman–Crippen MR) is 62.3 cm³/mol. The Morgan fingerprint density at radius 2 is 2.00 bits per heavy atom. The van der Waals surface area contributed by atoms with E-state index in [1.165, 1.54) is 0 Å². The summed E-state index contributed by atoms with van der Waals surface area (Å²) in [4.78, 5) is 23.2. The quantitative estimate of drug-likeness (QED) is 0.711. The van der Waals surface area contributed by atoms with Crippen molar-refractivity contribution in [2.24, 2.45) is 0 Å². The molecule has 0 amide bonds. The highest BCUT2D eigenvalue weighted by Crippen LogP contribution is 2.00. The van der Waals surface area contributed by atoms with Gasteiger partial charge in [0.15, 0.2) is 0 Å². The largest absolute Gasteiger partial charge is 0.465 e. The molecule has 0 unspecified atom stereocenters. The van der Waals surface area contributed by atoms with Crippen molar-refractivity contribution in [3.05, 3.63) is 40.8 Å². The van der Waals surface area contributed by atoms with Crippen LogP contribution in [0.25, 0.3) is 5.69 Å². The van der Waals surface area contributed by atoms with Crippen molar-refractivity contribution in [2.75, 3.05) is 6.61 Å². The molecule has 7 heteroatoms. The Balaban J connectivity index is 2.25. The molecule has 1 aromatic heterocycles. The molecule has 18 heavy (non-hydrogen) atoms. The fourth-order valence-corrected chi connectivity index (χ4v) is 1.43. The third-order valence-electron chi connectivity index (χ3n) is 2.22. The maximum atomic E-state index is 11.9. The molecule has 0 atom stereocenters. The van der Waals surface area contributed by atoms with Gasteiger partial charge >= 0.3 is 11.7 Å². The molecule has 0 saturated heterocycles. The second-order valence-corrected chi connectivity index (χ2v) is 3.47. The van der Waals surface area contributed by atoms with Crippen LogP contribution in [0.4, 0.5) is 0 Å². The van der Waals surface area contributed by atoms with Crippen molar-refractivity contribution in [2.45, 2.75) is 13.5 Å². The number of carbonyl (C=O) groups excluding carboxylic acids is 1. The molecule has 0 radical (unpaired) electrons. The number of hydrogen-bond donors (Lipinski definition) is 0. The van der Waals surface area contributed by atoms with Crippen LogP contribution in [0.15, 0.2) is 35.1 Å². The minimum absolute atomic E-state index is 0.237. The van der Waals surface area contributed by atoms with Gasteiger partial charge in [-0.2, -0.15) is 9.36 Å². The van der Waals surface area contributed by atoms with Gasteiger partial charge < -0.3 is 4.74 Å². The van der Waals surface area contributed by atoms with Crippen LogP contribution >= 0.6 is 0 Å². The van der Waals surface area contributed by atoms with Crippen LogP contribution in [0.5, 0.6) is 0 Å². The lowest BCUT2D eigenvalue weighted by Gasteiger charge is -1.99. The normalized spacial score (nSPS) is 10.3. The number of rotatable bonds is 4. The lowest BCUT2D eigenvalue weighted by Crippen LogP contribution is -2.28. The number of para-hydroxylation sites is 1. The molecule has 1 heterocycles. The zero-order valence-electron chi connectivity index (χ0n) is 9.81. The minimum Gasteiger partial charge on any atom is -0.465 e. The first kappa shape index (κ1) is 12.0. The minimum atomic E-state index is -0.514. The van der Waals surface area contributed by atoms with Crippen LogP contribution in [0.3, 0.4) is 0 Å². The Morgan fingerprint density at radius 1 is 1.28 bits per heavy atom. The maximum Gasteiger partial charge on any atom is 0.369 e. The van der Waals surface area contributed by atoms with Crippen LogP contribution in [0, 0.1) is 0 Å². The maximum absolute atomic E-state index is 11.9. The number of aromatic nitrogens is 4. The standard InChI is InChI=1S/C11H12N4O3/c1-2-18-10(16)8-14-11(17)15(13-12-14)9-6-4-3-5-7-9/h3-7H,2,8H2,1H3. The molecular weight excluding hydrogens is 236 g/mol. The van der Waals surface area contributed by atoms with Gasteiger partial charge in [-0.1, -0.05) is 18.2 Å². The molecule has 0 aliphatic heterocycles. The van der Waals surface area contributed by atoms with Crippen molar-refractivity contribution < 1.29 is 9.53 Å². The number of tetrazole rings is 1. The Bertz CT molecular complexity index is 588. The molecule has 0 bridgehead atoms. The molecule has 94 valence electrons. The summed E-state index contributed by atoms with van der Waals surface area (Å²) in [6, 6.07) is 8.85. The van der Waals surface area contributed by atoms with Gasteiger partial charge in [0.05, 0.1) is 12.3 Å². The van der Waals surface area contributed by atoms with Crippen LogP contribution in [0.1, 0.15) is 6.92 Å². The first-order valence-electron chi connectivity index (χ1n) is 5.46. The molecule has 0 aliphatic rings. The Hall–Kier alpha value is -2.44. The zero-order chi connectivity index (χ0) is 13.0. The summed E-state index contributed by atoms with van der Waals surface area (Å²) in [6.07, 6.45) is 0. The zero-order valence-corrected chi connectivity index (χ0v) is 9.81. The van der Waals surface area contributed by atoms with Crippen molar-refractivity contribution >= 4 is 5.97 Å². The van der Waals surface area contributed by atoms with E-state index in [0.29, 0.717) is 5.69 Å². The lowest BCUT2D eigenvalue weighted by atomic mass is 10.3. The summed E-state index contributed by atoms with van der Waals surface area (Å²) >= 11 is 0. The van der Waals surface area contributed by atoms with Crippen LogP contribution in [-0.2, 0) is 16.1 Å². The van der Waals surface area contributed by atoms with Gasteiger partial charge in [0.1, 0.15) is 6.54 Å². The Morgan fingerprint density at radius 3 is 2.67 bits per heavy atom. The second kappa shape index (κ2) is 5.26. The van der Waals surface area contributed by atoms with E-state index in [2.05, 4.69) is 10.4 Å². The smallest absolute Gasteiger partial charge is 0.369 e.